The van der Waals surface area contributed by atoms with Gasteiger partial charge in [0.05, 0.1) is 12.1 Å². The molecule has 2 rings (SSSR count). The summed E-state index contributed by atoms with van der Waals surface area (Å²) in [5.74, 6) is -1.67. The van der Waals surface area contributed by atoms with Gasteiger partial charge in [-0.3, -0.25) is 9.59 Å². The lowest BCUT2D eigenvalue weighted by Crippen LogP contribution is -2.30. The molecule has 0 bridgehead atoms. The minimum Gasteiger partial charge on any atom is -0.452 e. The van der Waals surface area contributed by atoms with E-state index >= 15 is 0 Å². The largest absolute Gasteiger partial charge is 0.452 e. The maximum absolute atomic E-state index is 13.7. The normalized spacial score (nSPS) is 11.7. The summed E-state index contributed by atoms with van der Waals surface area (Å²) in [5.41, 5.74) is 1.85. The van der Waals surface area contributed by atoms with Gasteiger partial charge in [0.15, 0.2) is 6.10 Å². The third-order valence-corrected chi connectivity index (χ3v) is 3.96. The molecule has 0 aliphatic rings. The lowest BCUT2D eigenvalue weighted by atomic mass is 10.1. The summed E-state index contributed by atoms with van der Waals surface area (Å²) in [5, 5.41) is 2.41. The number of benzene rings is 2. The Hall–Kier alpha value is -2.21. The molecule has 0 saturated heterocycles. The van der Waals surface area contributed by atoms with Crippen LogP contribution in [0, 0.1) is 12.7 Å². The van der Waals surface area contributed by atoms with Crippen LogP contribution in [0.4, 0.5) is 10.1 Å². The minimum atomic E-state index is -1.02. The molecule has 1 atom stereocenters. The lowest BCUT2D eigenvalue weighted by Gasteiger charge is -2.14. The molecule has 0 radical (unpaired) electrons. The number of rotatable bonds is 5. The number of halogens is 2. The van der Waals surface area contributed by atoms with E-state index in [0.717, 1.165) is 11.1 Å². The number of carbonyl (C=O) groups excluding carboxylic acids is 2. The summed E-state index contributed by atoms with van der Waals surface area (Å²) in [7, 11) is 0. The number of esters is 1. The monoisotopic (exact) mass is 393 g/mol. The second-order valence-electron chi connectivity index (χ2n) is 5.35. The highest BCUT2D eigenvalue weighted by molar-refractivity contribution is 9.10. The molecule has 0 aliphatic heterocycles. The van der Waals surface area contributed by atoms with Crippen molar-refractivity contribution >= 4 is 33.5 Å². The molecule has 2 aromatic rings. The number of anilines is 1. The van der Waals surface area contributed by atoms with Gasteiger partial charge in [-0.1, -0.05) is 40.2 Å². The highest BCUT2D eigenvalue weighted by atomic mass is 79.9. The van der Waals surface area contributed by atoms with Crippen molar-refractivity contribution in [2.45, 2.75) is 26.4 Å². The van der Waals surface area contributed by atoms with Crippen molar-refractivity contribution in [2.75, 3.05) is 5.32 Å². The Balaban J connectivity index is 1.93. The molecule has 126 valence electrons. The summed E-state index contributed by atoms with van der Waals surface area (Å²) in [6.07, 6.45) is -0.943. The first-order chi connectivity index (χ1) is 11.4. The molecule has 24 heavy (non-hydrogen) atoms. The summed E-state index contributed by atoms with van der Waals surface area (Å²) in [6, 6.07) is 11.7. The van der Waals surface area contributed by atoms with Crippen molar-refractivity contribution in [1.82, 2.24) is 0 Å². The molecule has 0 spiro atoms. The topological polar surface area (TPSA) is 55.4 Å². The van der Waals surface area contributed by atoms with Gasteiger partial charge in [0, 0.05) is 4.47 Å². The number of aryl methyl sites for hydroxylation is 1. The number of nitrogens with one attached hydrogen (secondary N) is 1. The third-order valence-electron chi connectivity index (χ3n) is 3.46. The van der Waals surface area contributed by atoms with Crippen molar-refractivity contribution in [1.29, 1.82) is 0 Å². The molecular weight excluding hydrogens is 377 g/mol. The average Bonchev–Trinajstić information content (AvgIpc) is 2.52. The van der Waals surface area contributed by atoms with E-state index in [9.17, 15) is 14.0 Å². The van der Waals surface area contributed by atoms with Gasteiger partial charge in [-0.2, -0.15) is 0 Å². The Morgan fingerprint density at radius 1 is 1.25 bits per heavy atom. The molecule has 0 saturated carbocycles. The Morgan fingerprint density at radius 2 is 1.96 bits per heavy atom. The number of carbonyl (C=O) groups is 2. The second-order valence-corrected chi connectivity index (χ2v) is 6.26. The van der Waals surface area contributed by atoms with Crippen LogP contribution in [0.1, 0.15) is 18.1 Å². The van der Waals surface area contributed by atoms with Gasteiger partial charge >= 0.3 is 5.97 Å². The SMILES string of the molecule is Cc1ccccc1CC(=O)O[C@@H](C)C(=O)Nc1ccc(Br)cc1F. The molecule has 0 aliphatic carbocycles. The zero-order valence-electron chi connectivity index (χ0n) is 13.3. The molecule has 0 aromatic heterocycles. The van der Waals surface area contributed by atoms with Gasteiger partial charge in [0.25, 0.3) is 5.91 Å². The second kappa shape index (κ2) is 8.06. The van der Waals surface area contributed by atoms with Crippen LogP contribution in [0.25, 0.3) is 0 Å². The zero-order chi connectivity index (χ0) is 17.7. The molecule has 1 N–H and O–H groups in total. The van der Waals surface area contributed by atoms with Gasteiger partial charge in [0.1, 0.15) is 5.82 Å². The Kier molecular flexibility index (Phi) is 6.09. The van der Waals surface area contributed by atoms with Crippen molar-refractivity contribution in [3.63, 3.8) is 0 Å². The van der Waals surface area contributed by atoms with Crippen LogP contribution in [-0.2, 0) is 20.7 Å². The van der Waals surface area contributed by atoms with Crippen LogP contribution in [0.2, 0.25) is 0 Å². The molecule has 0 heterocycles. The van der Waals surface area contributed by atoms with Crippen LogP contribution in [0.5, 0.6) is 0 Å². The molecule has 2 aromatic carbocycles. The first kappa shape index (κ1) is 18.1. The summed E-state index contributed by atoms with van der Waals surface area (Å²) < 4.78 is 19.4. The predicted octanol–water partition coefficient (Wildman–Crippen LogP) is 4.01. The van der Waals surface area contributed by atoms with E-state index in [0.29, 0.717) is 4.47 Å². The molecule has 6 heteroatoms. The summed E-state index contributed by atoms with van der Waals surface area (Å²) in [6.45, 7) is 3.34. The molecule has 0 fully saturated rings. The van der Waals surface area contributed by atoms with E-state index in [2.05, 4.69) is 21.2 Å². The number of hydrogen-bond acceptors (Lipinski definition) is 3. The summed E-state index contributed by atoms with van der Waals surface area (Å²) >= 11 is 3.14. The van der Waals surface area contributed by atoms with Gasteiger partial charge < -0.3 is 10.1 Å². The third kappa shape index (κ3) is 4.89. The van der Waals surface area contributed by atoms with Crippen LogP contribution >= 0.6 is 15.9 Å². The van der Waals surface area contributed by atoms with Crippen molar-refractivity contribution < 1.29 is 18.7 Å². The number of hydrogen-bond donors (Lipinski definition) is 1. The molecular formula is C18H17BrFNO3. The van der Waals surface area contributed by atoms with E-state index in [1.165, 1.54) is 19.1 Å². The quantitative estimate of drug-likeness (QED) is 0.780. The van der Waals surface area contributed by atoms with E-state index in [-0.39, 0.29) is 12.1 Å². The van der Waals surface area contributed by atoms with Crippen molar-refractivity contribution in [2.24, 2.45) is 0 Å². The van der Waals surface area contributed by atoms with Crippen molar-refractivity contribution in [3.8, 4) is 0 Å². The first-order valence-electron chi connectivity index (χ1n) is 7.36. The molecule has 4 nitrogen and oxygen atoms in total. The highest BCUT2D eigenvalue weighted by Crippen LogP contribution is 2.19. The number of amides is 1. The Morgan fingerprint density at radius 3 is 2.62 bits per heavy atom. The Bertz CT molecular complexity index is 764. The average molecular weight is 394 g/mol. The van der Waals surface area contributed by atoms with E-state index in [1.54, 1.807) is 6.07 Å². The van der Waals surface area contributed by atoms with Gasteiger partial charge in [-0.25, -0.2) is 4.39 Å². The standard InChI is InChI=1S/C18H17BrFNO3/c1-11-5-3-4-6-13(11)9-17(22)24-12(2)18(23)21-16-8-7-14(19)10-15(16)20/h3-8,10,12H,9H2,1-2H3,(H,21,23)/t12-/m0/s1. The van der Waals surface area contributed by atoms with Crippen LogP contribution in [0.15, 0.2) is 46.9 Å². The molecule has 0 unspecified atom stereocenters. The zero-order valence-corrected chi connectivity index (χ0v) is 14.9. The fourth-order valence-corrected chi connectivity index (χ4v) is 2.41. The predicted molar refractivity (Wildman–Crippen MR) is 93.2 cm³/mol. The first-order valence-corrected chi connectivity index (χ1v) is 8.16. The van der Waals surface area contributed by atoms with Gasteiger partial charge in [-0.05, 0) is 43.2 Å². The maximum Gasteiger partial charge on any atom is 0.311 e. The Labute approximate surface area is 148 Å². The smallest absolute Gasteiger partial charge is 0.311 e. The van der Waals surface area contributed by atoms with Crippen LogP contribution < -0.4 is 5.32 Å². The van der Waals surface area contributed by atoms with E-state index < -0.39 is 23.8 Å². The lowest BCUT2D eigenvalue weighted by molar-refractivity contribution is -0.152. The van der Waals surface area contributed by atoms with Crippen LogP contribution in [-0.4, -0.2) is 18.0 Å². The van der Waals surface area contributed by atoms with Gasteiger partial charge in [-0.15, -0.1) is 0 Å². The fraction of sp³-hybridized carbons (Fsp3) is 0.222. The fourth-order valence-electron chi connectivity index (χ4n) is 2.08. The highest BCUT2D eigenvalue weighted by Gasteiger charge is 2.19. The minimum absolute atomic E-state index is 0.0324. The van der Waals surface area contributed by atoms with E-state index in [4.69, 9.17) is 4.74 Å². The van der Waals surface area contributed by atoms with E-state index in [1.807, 2.05) is 31.2 Å². The van der Waals surface area contributed by atoms with Gasteiger partial charge in [0.2, 0.25) is 0 Å². The number of ether oxygens (including phenoxy) is 1. The maximum atomic E-state index is 13.7. The van der Waals surface area contributed by atoms with Crippen molar-refractivity contribution in [3.05, 3.63) is 63.9 Å². The summed E-state index contributed by atoms with van der Waals surface area (Å²) in [4.78, 5) is 24.0. The van der Waals surface area contributed by atoms with Crippen LogP contribution in [0.3, 0.4) is 0 Å². The molecule has 1 amide bonds.